The fraction of sp³-hybridized carbons (Fsp3) is 0.632. The van der Waals surface area contributed by atoms with Gasteiger partial charge in [0.05, 0.1) is 6.61 Å². The average Bonchev–Trinajstić information content (AvgIpc) is 2.58. The van der Waals surface area contributed by atoms with Gasteiger partial charge in [0, 0.05) is 33.2 Å². The van der Waals surface area contributed by atoms with E-state index in [1.807, 2.05) is 43.1 Å². The number of nitrogens with zero attached hydrogens (tertiary/aromatic N) is 1. The Morgan fingerprint density at radius 2 is 2.04 bits per heavy atom. The van der Waals surface area contributed by atoms with E-state index in [-0.39, 0.29) is 5.91 Å². The molecular weight excluding hydrogens is 290 g/mol. The second-order valence-electron chi connectivity index (χ2n) is 6.38. The summed E-state index contributed by atoms with van der Waals surface area (Å²) in [5.41, 5.74) is 1.13. The Labute approximate surface area is 139 Å². The van der Waals surface area contributed by atoms with Crippen LogP contribution in [-0.2, 0) is 9.53 Å². The topological polar surface area (TPSA) is 38.8 Å². The molecular formula is C19H29NO3. The molecule has 1 amide bonds. The van der Waals surface area contributed by atoms with Crippen LogP contribution in [0.2, 0.25) is 0 Å². The molecule has 1 fully saturated rings. The molecule has 1 aliphatic heterocycles. The molecule has 128 valence electrons. The molecule has 0 spiro atoms. The van der Waals surface area contributed by atoms with Crippen LogP contribution in [0.15, 0.2) is 24.3 Å². The first kappa shape index (κ1) is 17.8. The summed E-state index contributed by atoms with van der Waals surface area (Å²) in [5, 5.41) is 0. The number of aryl methyl sites for hydroxylation is 1. The van der Waals surface area contributed by atoms with Gasteiger partial charge in [0.2, 0.25) is 5.91 Å². The van der Waals surface area contributed by atoms with Crippen molar-refractivity contribution >= 4 is 5.91 Å². The lowest BCUT2D eigenvalue weighted by Crippen LogP contribution is -2.30. The molecule has 0 radical (unpaired) electrons. The van der Waals surface area contributed by atoms with Crippen LogP contribution in [0.4, 0.5) is 0 Å². The third-order valence-corrected chi connectivity index (χ3v) is 4.53. The number of hydrogen-bond acceptors (Lipinski definition) is 3. The maximum Gasteiger partial charge on any atom is 0.222 e. The monoisotopic (exact) mass is 319 g/mol. The maximum absolute atomic E-state index is 12.1. The molecule has 4 nitrogen and oxygen atoms in total. The molecule has 0 unspecified atom stereocenters. The fourth-order valence-electron chi connectivity index (χ4n) is 2.85. The Hall–Kier alpha value is -1.55. The van der Waals surface area contributed by atoms with E-state index in [0.29, 0.717) is 18.9 Å². The van der Waals surface area contributed by atoms with Crippen LogP contribution in [0.3, 0.4) is 0 Å². The molecule has 0 saturated carbocycles. The van der Waals surface area contributed by atoms with Gasteiger partial charge in [-0.15, -0.1) is 0 Å². The highest BCUT2D eigenvalue weighted by Crippen LogP contribution is 2.19. The van der Waals surface area contributed by atoms with Gasteiger partial charge in [-0.25, -0.2) is 0 Å². The third-order valence-electron chi connectivity index (χ3n) is 4.53. The summed E-state index contributed by atoms with van der Waals surface area (Å²) in [5.74, 6) is 1.83. The molecule has 23 heavy (non-hydrogen) atoms. The average molecular weight is 319 g/mol. The number of carbonyl (C=O) groups is 1. The first-order valence-electron chi connectivity index (χ1n) is 8.67. The van der Waals surface area contributed by atoms with Crippen LogP contribution < -0.4 is 4.74 Å². The molecule has 0 N–H and O–H groups in total. The van der Waals surface area contributed by atoms with Crippen molar-refractivity contribution in [3.63, 3.8) is 0 Å². The van der Waals surface area contributed by atoms with Crippen LogP contribution in [0.5, 0.6) is 5.75 Å². The summed E-state index contributed by atoms with van der Waals surface area (Å²) in [7, 11) is 1.91. The fourth-order valence-corrected chi connectivity index (χ4v) is 2.85. The van der Waals surface area contributed by atoms with Gasteiger partial charge in [0.25, 0.3) is 0 Å². The largest absolute Gasteiger partial charge is 0.493 e. The lowest BCUT2D eigenvalue weighted by Gasteiger charge is -2.25. The standard InChI is InChI=1S/C19H29NO3/c1-16-6-3-4-7-18(16)23-13-5-8-19(21)20(2)12-9-17-10-14-22-15-11-17/h3-4,6-7,17H,5,8-15H2,1-2H3. The minimum absolute atomic E-state index is 0.213. The van der Waals surface area contributed by atoms with Gasteiger partial charge in [0.15, 0.2) is 0 Å². The Morgan fingerprint density at radius 1 is 1.30 bits per heavy atom. The number of benzene rings is 1. The number of para-hydroxylation sites is 1. The highest BCUT2D eigenvalue weighted by atomic mass is 16.5. The van der Waals surface area contributed by atoms with Gasteiger partial charge in [-0.1, -0.05) is 18.2 Å². The number of ether oxygens (including phenoxy) is 2. The van der Waals surface area contributed by atoms with Gasteiger partial charge < -0.3 is 14.4 Å². The number of hydrogen-bond donors (Lipinski definition) is 0. The van der Waals surface area contributed by atoms with Crippen molar-refractivity contribution < 1.29 is 14.3 Å². The second kappa shape index (κ2) is 9.56. The summed E-state index contributed by atoms with van der Waals surface area (Å²) in [6.45, 7) is 5.22. The highest BCUT2D eigenvalue weighted by molar-refractivity contribution is 5.75. The van der Waals surface area contributed by atoms with Gasteiger partial charge in [-0.3, -0.25) is 4.79 Å². The van der Waals surface area contributed by atoms with Crippen molar-refractivity contribution in [2.24, 2.45) is 5.92 Å². The van der Waals surface area contributed by atoms with E-state index < -0.39 is 0 Å². The van der Waals surface area contributed by atoms with Crippen LogP contribution in [0, 0.1) is 12.8 Å². The normalized spacial score (nSPS) is 15.4. The Balaban J connectivity index is 1.59. The van der Waals surface area contributed by atoms with Crippen molar-refractivity contribution in [1.29, 1.82) is 0 Å². The second-order valence-corrected chi connectivity index (χ2v) is 6.38. The summed E-state index contributed by atoms with van der Waals surface area (Å²) in [6.07, 6.45) is 4.66. The molecule has 1 heterocycles. The van der Waals surface area contributed by atoms with E-state index in [0.717, 1.165) is 56.8 Å². The van der Waals surface area contributed by atoms with E-state index in [1.165, 1.54) is 0 Å². The smallest absolute Gasteiger partial charge is 0.222 e. The number of carbonyl (C=O) groups excluding carboxylic acids is 1. The Bertz CT molecular complexity index is 483. The van der Waals surface area contributed by atoms with E-state index >= 15 is 0 Å². The molecule has 4 heteroatoms. The number of amides is 1. The summed E-state index contributed by atoms with van der Waals surface area (Å²) >= 11 is 0. The SMILES string of the molecule is Cc1ccccc1OCCCC(=O)N(C)CCC1CCOCC1. The van der Waals surface area contributed by atoms with Crippen molar-refractivity contribution in [2.75, 3.05) is 33.4 Å². The molecule has 2 rings (SSSR count). The van der Waals surface area contributed by atoms with E-state index in [1.54, 1.807) is 0 Å². The molecule has 0 aliphatic carbocycles. The molecule has 0 bridgehead atoms. The van der Waals surface area contributed by atoms with Crippen LogP contribution in [0.25, 0.3) is 0 Å². The van der Waals surface area contributed by atoms with Gasteiger partial charge >= 0.3 is 0 Å². The zero-order chi connectivity index (χ0) is 16.5. The zero-order valence-corrected chi connectivity index (χ0v) is 14.4. The van der Waals surface area contributed by atoms with Crippen LogP contribution in [-0.4, -0.2) is 44.2 Å². The van der Waals surface area contributed by atoms with Crippen molar-refractivity contribution in [1.82, 2.24) is 4.90 Å². The van der Waals surface area contributed by atoms with Gasteiger partial charge in [0.1, 0.15) is 5.75 Å². The predicted molar refractivity (Wildman–Crippen MR) is 91.7 cm³/mol. The van der Waals surface area contributed by atoms with Crippen LogP contribution >= 0.6 is 0 Å². The van der Waals surface area contributed by atoms with E-state index in [9.17, 15) is 4.79 Å². The molecule has 1 aromatic carbocycles. The number of rotatable bonds is 8. The van der Waals surface area contributed by atoms with Crippen molar-refractivity contribution in [2.45, 2.75) is 39.0 Å². The third kappa shape index (κ3) is 6.22. The van der Waals surface area contributed by atoms with E-state index in [4.69, 9.17) is 9.47 Å². The van der Waals surface area contributed by atoms with Gasteiger partial charge in [-0.2, -0.15) is 0 Å². The van der Waals surface area contributed by atoms with Gasteiger partial charge in [-0.05, 0) is 50.2 Å². The first-order chi connectivity index (χ1) is 11.2. The van der Waals surface area contributed by atoms with Crippen molar-refractivity contribution in [3.8, 4) is 5.75 Å². The minimum Gasteiger partial charge on any atom is -0.493 e. The van der Waals surface area contributed by atoms with Crippen molar-refractivity contribution in [3.05, 3.63) is 29.8 Å². The van der Waals surface area contributed by atoms with E-state index in [2.05, 4.69) is 0 Å². The Morgan fingerprint density at radius 3 is 2.78 bits per heavy atom. The molecule has 0 aromatic heterocycles. The summed E-state index contributed by atoms with van der Waals surface area (Å²) in [4.78, 5) is 14.0. The Kier molecular flexibility index (Phi) is 7.40. The quantitative estimate of drug-likeness (QED) is 0.689. The lowest BCUT2D eigenvalue weighted by atomic mass is 9.96. The summed E-state index contributed by atoms with van der Waals surface area (Å²) < 4.78 is 11.1. The predicted octanol–water partition coefficient (Wildman–Crippen LogP) is 3.43. The molecule has 0 atom stereocenters. The lowest BCUT2D eigenvalue weighted by molar-refractivity contribution is -0.130. The highest BCUT2D eigenvalue weighted by Gasteiger charge is 2.16. The molecule has 1 aliphatic rings. The maximum atomic E-state index is 12.1. The summed E-state index contributed by atoms with van der Waals surface area (Å²) in [6, 6.07) is 7.97. The minimum atomic E-state index is 0.213. The molecule has 1 saturated heterocycles. The van der Waals surface area contributed by atoms with Crippen LogP contribution in [0.1, 0.15) is 37.7 Å². The first-order valence-corrected chi connectivity index (χ1v) is 8.67. The molecule has 1 aromatic rings. The zero-order valence-electron chi connectivity index (χ0n) is 14.4.